The number of amides is 3. The lowest BCUT2D eigenvalue weighted by Crippen LogP contribution is -2.46. The summed E-state index contributed by atoms with van der Waals surface area (Å²) in [6.45, 7) is 3.98. The Hall–Kier alpha value is -2.08. The van der Waals surface area contributed by atoms with Crippen LogP contribution in [0.4, 0.5) is 10.5 Å². The Labute approximate surface area is 143 Å². The van der Waals surface area contributed by atoms with Gasteiger partial charge in [0.05, 0.1) is 0 Å². The molecule has 0 radical (unpaired) electrons. The first kappa shape index (κ1) is 16.8. The first-order valence-electron chi connectivity index (χ1n) is 8.71. The summed E-state index contributed by atoms with van der Waals surface area (Å²) >= 11 is 0. The molecule has 2 fully saturated rings. The molecule has 130 valence electrons. The highest BCUT2D eigenvalue weighted by molar-refractivity contribution is 5.98. The van der Waals surface area contributed by atoms with Crippen LogP contribution in [0.5, 0.6) is 0 Å². The van der Waals surface area contributed by atoms with Crippen LogP contribution in [0, 0.1) is 6.92 Å². The Morgan fingerprint density at radius 1 is 1.12 bits per heavy atom. The Kier molecular flexibility index (Phi) is 5.04. The van der Waals surface area contributed by atoms with Crippen molar-refractivity contribution >= 4 is 17.6 Å². The molecule has 0 unspecified atom stereocenters. The van der Waals surface area contributed by atoms with Crippen molar-refractivity contribution in [1.82, 2.24) is 15.5 Å². The van der Waals surface area contributed by atoms with Crippen molar-refractivity contribution in [2.45, 2.75) is 44.7 Å². The van der Waals surface area contributed by atoms with Crippen molar-refractivity contribution in [3.63, 3.8) is 0 Å². The summed E-state index contributed by atoms with van der Waals surface area (Å²) in [5.74, 6) is -0.149. The number of benzene rings is 1. The molecule has 0 spiro atoms. The standard InChI is InChI=1S/C18H26N4O2/c1-12-15(17(23)19-2)4-3-5-16(12)21-18(24)20-13-8-10-22(11-9-13)14-6-7-14/h3-5,13-14H,6-11H2,1-2H3,(H,19,23)(H2,20,21,24). The number of piperidine rings is 1. The Morgan fingerprint density at radius 3 is 2.46 bits per heavy atom. The van der Waals surface area contributed by atoms with Gasteiger partial charge in [-0.05, 0) is 50.3 Å². The molecule has 1 saturated heterocycles. The van der Waals surface area contributed by atoms with E-state index in [0.29, 0.717) is 11.3 Å². The number of nitrogens with one attached hydrogen (secondary N) is 3. The number of rotatable bonds is 4. The van der Waals surface area contributed by atoms with Crippen LogP contribution >= 0.6 is 0 Å². The van der Waals surface area contributed by atoms with Gasteiger partial charge in [0.1, 0.15) is 0 Å². The van der Waals surface area contributed by atoms with Gasteiger partial charge >= 0.3 is 6.03 Å². The average molecular weight is 330 g/mol. The van der Waals surface area contributed by atoms with Crippen LogP contribution < -0.4 is 16.0 Å². The van der Waals surface area contributed by atoms with Crippen LogP contribution in [0.3, 0.4) is 0 Å². The summed E-state index contributed by atoms with van der Waals surface area (Å²) in [6, 6.07) is 6.18. The topological polar surface area (TPSA) is 73.5 Å². The second-order valence-electron chi connectivity index (χ2n) is 6.70. The molecular weight excluding hydrogens is 304 g/mol. The number of hydrogen-bond acceptors (Lipinski definition) is 3. The molecular formula is C18H26N4O2. The number of hydrogen-bond donors (Lipinski definition) is 3. The molecule has 3 rings (SSSR count). The fourth-order valence-electron chi connectivity index (χ4n) is 3.34. The Balaban J connectivity index is 1.54. The minimum atomic E-state index is -0.197. The summed E-state index contributed by atoms with van der Waals surface area (Å²) in [6.07, 6.45) is 4.67. The lowest BCUT2D eigenvalue weighted by atomic mass is 10.0. The zero-order valence-corrected chi connectivity index (χ0v) is 14.4. The van der Waals surface area contributed by atoms with Gasteiger partial charge in [-0.3, -0.25) is 4.79 Å². The molecule has 1 saturated carbocycles. The van der Waals surface area contributed by atoms with E-state index in [0.717, 1.165) is 37.5 Å². The lowest BCUT2D eigenvalue weighted by Gasteiger charge is -2.32. The molecule has 1 aliphatic carbocycles. The number of carbonyl (C=O) groups excluding carboxylic acids is 2. The highest BCUT2D eigenvalue weighted by Crippen LogP contribution is 2.29. The van der Waals surface area contributed by atoms with Crippen molar-refractivity contribution in [3.8, 4) is 0 Å². The van der Waals surface area contributed by atoms with Crippen molar-refractivity contribution < 1.29 is 9.59 Å². The zero-order valence-electron chi connectivity index (χ0n) is 14.4. The van der Waals surface area contributed by atoms with Crippen LogP contribution in [0.25, 0.3) is 0 Å². The number of anilines is 1. The van der Waals surface area contributed by atoms with Gasteiger partial charge in [-0.2, -0.15) is 0 Å². The molecule has 1 aromatic carbocycles. The number of nitrogens with zero attached hydrogens (tertiary/aromatic N) is 1. The summed E-state index contributed by atoms with van der Waals surface area (Å²) < 4.78 is 0. The first-order valence-corrected chi connectivity index (χ1v) is 8.71. The summed E-state index contributed by atoms with van der Waals surface area (Å²) in [5, 5.41) is 8.55. The van der Waals surface area contributed by atoms with Crippen molar-refractivity contribution in [2.75, 3.05) is 25.5 Å². The molecule has 0 bridgehead atoms. The third-order valence-electron chi connectivity index (χ3n) is 4.98. The lowest BCUT2D eigenvalue weighted by molar-refractivity contribution is 0.0962. The van der Waals surface area contributed by atoms with Gasteiger partial charge in [0.25, 0.3) is 5.91 Å². The maximum absolute atomic E-state index is 12.3. The molecule has 0 aromatic heterocycles. The van der Waals surface area contributed by atoms with Crippen LogP contribution in [-0.4, -0.2) is 49.1 Å². The summed E-state index contributed by atoms with van der Waals surface area (Å²) in [4.78, 5) is 26.6. The maximum Gasteiger partial charge on any atom is 0.319 e. The van der Waals surface area contributed by atoms with Crippen LogP contribution in [0.1, 0.15) is 41.6 Å². The zero-order chi connectivity index (χ0) is 17.1. The predicted molar refractivity (Wildman–Crippen MR) is 94.3 cm³/mol. The SMILES string of the molecule is CNC(=O)c1cccc(NC(=O)NC2CCN(C3CC3)CC2)c1C. The fourth-order valence-corrected chi connectivity index (χ4v) is 3.34. The molecule has 3 N–H and O–H groups in total. The van der Waals surface area contributed by atoms with Gasteiger partial charge in [-0.15, -0.1) is 0 Å². The normalized spacial score (nSPS) is 18.9. The summed E-state index contributed by atoms with van der Waals surface area (Å²) in [7, 11) is 1.60. The first-order chi connectivity index (χ1) is 11.6. The molecule has 1 aromatic rings. The van der Waals surface area contributed by atoms with Gasteiger partial charge in [0.15, 0.2) is 0 Å². The van der Waals surface area contributed by atoms with Gasteiger partial charge < -0.3 is 20.9 Å². The van der Waals surface area contributed by atoms with E-state index >= 15 is 0 Å². The minimum Gasteiger partial charge on any atom is -0.355 e. The molecule has 24 heavy (non-hydrogen) atoms. The van der Waals surface area contributed by atoms with Crippen LogP contribution in [-0.2, 0) is 0 Å². The quantitative estimate of drug-likeness (QED) is 0.791. The molecule has 1 aliphatic heterocycles. The van der Waals surface area contributed by atoms with Gasteiger partial charge in [-0.25, -0.2) is 4.79 Å². The van der Waals surface area contributed by atoms with Crippen molar-refractivity contribution in [3.05, 3.63) is 29.3 Å². The highest BCUT2D eigenvalue weighted by Gasteiger charge is 2.32. The van der Waals surface area contributed by atoms with Gasteiger partial charge in [0, 0.05) is 43.5 Å². The Morgan fingerprint density at radius 2 is 1.83 bits per heavy atom. The molecule has 6 nitrogen and oxygen atoms in total. The van der Waals surface area contributed by atoms with E-state index in [1.165, 1.54) is 12.8 Å². The third kappa shape index (κ3) is 3.87. The van der Waals surface area contributed by atoms with Crippen molar-refractivity contribution in [1.29, 1.82) is 0 Å². The van der Waals surface area contributed by atoms with E-state index in [9.17, 15) is 9.59 Å². The van der Waals surface area contributed by atoms with E-state index in [1.807, 2.05) is 13.0 Å². The van der Waals surface area contributed by atoms with Crippen LogP contribution in [0.2, 0.25) is 0 Å². The number of urea groups is 1. The third-order valence-corrected chi connectivity index (χ3v) is 4.98. The smallest absolute Gasteiger partial charge is 0.319 e. The maximum atomic E-state index is 12.3. The molecule has 2 aliphatic rings. The number of carbonyl (C=O) groups is 2. The molecule has 3 amide bonds. The van der Waals surface area contributed by atoms with Gasteiger partial charge in [0.2, 0.25) is 0 Å². The van der Waals surface area contributed by atoms with Crippen LogP contribution in [0.15, 0.2) is 18.2 Å². The second kappa shape index (κ2) is 7.21. The molecule has 6 heteroatoms. The molecule has 1 heterocycles. The van der Waals surface area contributed by atoms with E-state index in [4.69, 9.17) is 0 Å². The van der Waals surface area contributed by atoms with E-state index in [1.54, 1.807) is 19.2 Å². The number of likely N-dealkylation sites (tertiary alicyclic amines) is 1. The monoisotopic (exact) mass is 330 g/mol. The predicted octanol–water partition coefficient (Wildman–Crippen LogP) is 2.10. The summed E-state index contributed by atoms with van der Waals surface area (Å²) in [5.41, 5.74) is 2.02. The van der Waals surface area contributed by atoms with E-state index in [2.05, 4.69) is 20.9 Å². The Bertz CT molecular complexity index is 619. The van der Waals surface area contributed by atoms with E-state index < -0.39 is 0 Å². The van der Waals surface area contributed by atoms with E-state index in [-0.39, 0.29) is 18.0 Å². The van der Waals surface area contributed by atoms with Crippen molar-refractivity contribution in [2.24, 2.45) is 0 Å². The highest BCUT2D eigenvalue weighted by atomic mass is 16.2. The average Bonchev–Trinajstić information content (AvgIpc) is 3.42. The minimum absolute atomic E-state index is 0.149. The second-order valence-corrected chi connectivity index (χ2v) is 6.70. The largest absolute Gasteiger partial charge is 0.355 e. The molecule has 0 atom stereocenters. The fraction of sp³-hybridized carbons (Fsp3) is 0.556. The van der Waals surface area contributed by atoms with Gasteiger partial charge in [-0.1, -0.05) is 6.07 Å².